The number of nitrogens with one attached hydrogen (secondary N) is 1. The van der Waals surface area contributed by atoms with Gasteiger partial charge in [0, 0.05) is 11.9 Å². The van der Waals surface area contributed by atoms with Crippen molar-refractivity contribution < 1.29 is 4.79 Å². The summed E-state index contributed by atoms with van der Waals surface area (Å²) >= 11 is 15.2. The van der Waals surface area contributed by atoms with Gasteiger partial charge in [0.1, 0.15) is 5.82 Å². The van der Waals surface area contributed by atoms with Crippen LogP contribution < -0.4 is 11.1 Å². The minimum atomic E-state index is -0.432. The number of nitrogens with two attached hydrogens (primary N) is 1. The predicted octanol–water partition coefficient (Wildman–Crippen LogP) is 3.99. The number of halogens is 3. The highest BCUT2D eigenvalue weighted by atomic mass is 79.9. The molecular formula is C12H8BrCl2N3O. The molecule has 0 aliphatic carbocycles. The number of pyridine rings is 1. The van der Waals surface area contributed by atoms with Gasteiger partial charge in [-0.1, -0.05) is 23.2 Å². The number of nitrogen functional groups attached to an aromatic ring is 1. The summed E-state index contributed by atoms with van der Waals surface area (Å²) in [5.74, 6) is -0.0410. The van der Waals surface area contributed by atoms with E-state index in [1.54, 1.807) is 18.3 Å². The summed E-state index contributed by atoms with van der Waals surface area (Å²) < 4.78 is 0.662. The van der Waals surface area contributed by atoms with Crippen LogP contribution in [0.15, 0.2) is 34.9 Å². The zero-order valence-electron chi connectivity index (χ0n) is 9.45. The van der Waals surface area contributed by atoms with Crippen molar-refractivity contribution in [2.45, 2.75) is 0 Å². The maximum absolute atomic E-state index is 12.1. The van der Waals surface area contributed by atoms with Crippen LogP contribution in [0.5, 0.6) is 0 Å². The van der Waals surface area contributed by atoms with Crippen molar-refractivity contribution >= 4 is 56.5 Å². The fourth-order valence-corrected chi connectivity index (χ4v) is 2.20. The van der Waals surface area contributed by atoms with Crippen molar-refractivity contribution in [3.05, 3.63) is 50.5 Å². The molecule has 0 fully saturated rings. The molecule has 0 atom stereocenters. The molecule has 7 heteroatoms. The molecule has 0 saturated heterocycles. The van der Waals surface area contributed by atoms with Gasteiger partial charge in [0.2, 0.25) is 0 Å². The molecule has 4 nitrogen and oxygen atoms in total. The molecule has 0 saturated carbocycles. The fraction of sp³-hybridized carbons (Fsp3) is 0. The number of nitrogens with zero attached hydrogens (tertiary/aromatic N) is 1. The Balaban J connectivity index is 2.33. The molecule has 2 rings (SSSR count). The van der Waals surface area contributed by atoms with Gasteiger partial charge >= 0.3 is 0 Å². The second-order valence-corrected chi connectivity index (χ2v) is 5.29. The van der Waals surface area contributed by atoms with Gasteiger partial charge in [0.25, 0.3) is 5.91 Å². The number of hydrogen-bond donors (Lipinski definition) is 2. The van der Waals surface area contributed by atoms with Crippen LogP contribution in [-0.2, 0) is 0 Å². The van der Waals surface area contributed by atoms with E-state index in [4.69, 9.17) is 28.9 Å². The number of benzene rings is 1. The van der Waals surface area contributed by atoms with Crippen molar-refractivity contribution in [1.82, 2.24) is 4.98 Å². The van der Waals surface area contributed by atoms with Crippen LogP contribution in [0.3, 0.4) is 0 Å². The standard InChI is InChI=1S/C12H8BrCl2N3O/c13-8-2-1-3-17-11(8)18-12(19)7-4-6(16)5-9(14)10(7)15/h1-5H,16H2,(H,17,18,19). The molecule has 1 heterocycles. The van der Waals surface area contributed by atoms with Crippen LogP contribution in [0.2, 0.25) is 10.0 Å². The lowest BCUT2D eigenvalue weighted by Crippen LogP contribution is -2.14. The van der Waals surface area contributed by atoms with Gasteiger partial charge in [-0.3, -0.25) is 4.79 Å². The van der Waals surface area contributed by atoms with Crippen molar-refractivity contribution in [2.24, 2.45) is 0 Å². The summed E-state index contributed by atoms with van der Waals surface area (Å²) in [6.07, 6.45) is 1.56. The summed E-state index contributed by atoms with van der Waals surface area (Å²) in [6, 6.07) is 6.44. The van der Waals surface area contributed by atoms with E-state index in [0.29, 0.717) is 16.0 Å². The van der Waals surface area contributed by atoms with Gasteiger partial charge in [0.05, 0.1) is 20.1 Å². The average molecular weight is 361 g/mol. The monoisotopic (exact) mass is 359 g/mol. The van der Waals surface area contributed by atoms with Gasteiger partial charge in [-0.05, 0) is 40.2 Å². The van der Waals surface area contributed by atoms with Crippen LogP contribution in [0, 0.1) is 0 Å². The minimum absolute atomic E-state index is 0.153. The highest BCUT2D eigenvalue weighted by molar-refractivity contribution is 9.10. The molecule has 3 N–H and O–H groups in total. The van der Waals surface area contributed by atoms with Crippen molar-refractivity contribution in [1.29, 1.82) is 0 Å². The molecule has 1 aromatic carbocycles. The third-order valence-corrected chi connectivity index (χ3v) is 3.73. The molecule has 0 aliphatic rings. The summed E-state index contributed by atoms with van der Waals surface area (Å²) in [6.45, 7) is 0. The maximum Gasteiger partial charge on any atom is 0.258 e. The highest BCUT2D eigenvalue weighted by Gasteiger charge is 2.15. The smallest absolute Gasteiger partial charge is 0.258 e. The Kier molecular flexibility index (Phi) is 4.29. The first-order valence-corrected chi connectivity index (χ1v) is 6.70. The topological polar surface area (TPSA) is 68.0 Å². The first-order valence-electron chi connectivity index (χ1n) is 5.15. The van der Waals surface area contributed by atoms with Gasteiger partial charge in [-0.2, -0.15) is 0 Å². The van der Waals surface area contributed by atoms with Crippen molar-refractivity contribution in [3.8, 4) is 0 Å². The molecule has 0 spiro atoms. The Morgan fingerprint density at radius 3 is 2.79 bits per heavy atom. The van der Waals surface area contributed by atoms with E-state index in [1.807, 2.05) is 0 Å². The number of aromatic nitrogens is 1. The van der Waals surface area contributed by atoms with E-state index in [-0.39, 0.29) is 15.6 Å². The largest absolute Gasteiger partial charge is 0.399 e. The van der Waals surface area contributed by atoms with Crippen LogP contribution >= 0.6 is 39.1 Å². The lowest BCUT2D eigenvalue weighted by Gasteiger charge is -2.09. The molecule has 0 radical (unpaired) electrons. The van der Waals surface area contributed by atoms with E-state index in [1.165, 1.54) is 12.1 Å². The molecule has 2 aromatic rings. The SMILES string of the molecule is Nc1cc(Cl)c(Cl)c(C(=O)Nc2ncccc2Br)c1. The summed E-state index contributed by atoms with van der Waals surface area (Å²) in [5.41, 5.74) is 6.20. The molecule has 1 amide bonds. The van der Waals surface area contributed by atoms with Crippen molar-refractivity contribution in [3.63, 3.8) is 0 Å². The number of carbonyl (C=O) groups excluding carboxylic acids is 1. The van der Waals surface area contributed by atoms with Crippen LogP contribution in [0.25, 0.3) is 0 Å². The fourth-order valence-electron chi connectivity index (χ4n) is 1.43. The quantitative estimate of drug-likeness (QED) is 0.795. The van der Waals surface area contributed by atoms with Crippen LogP contribution in [0.4, 0.5) is 11.5 Å². The maximum atomic E-state index is 12.1. The number of carbonyl (C=O) groups is 1. The highest BCUT2D eigenvalue weighted by Crippen LogP contribution is 2.29. The Hall–Kier alpha value is -1.30. The lowest BCUT2D eigenvalue weighted by atomic mass is 10.2. The molecule has 0 aliphatic heterocycles. The van der Waals surface area contributed by atoms with Crippen molar-refractivity contribution in [2.75, 3.05) is 11.1 Å². The van der Waals surface area contributed by atoms with E-state index < -0.39 is 5.91 Å². The van der Waals surface area contributed by atoms with E-state index >= 15 is 0 Å². The number of anilines is 2. The van der Waals surface area contributed by atoms with E-state index in [2.05, 4.69) is 26.2 Å². The Morgan fingerprint density at radius 2 is 2.11 bits per heavy atom. The average Bonchev–Trinajstić information content (AvgIpc) is 2.36. The lowest BCUT2D eigenvalue weighted by molar-refractivity contribution is 0.102. The van der Waals surface area contributed by atoms with Gasteiger partial charge in [0.15, 0.2) is 0 Å². The second kappa shape index (κ2) is 5.77. The third kappa shape index (κ3) is 3.18. The first-order chi connectivity index (χ1) is 8.99. The van der Waals surface area contributed by atoms with Gasteiger partial charge in [-0.25, -0.2) is 4.98 Å². The zero-order chi connectivity index (χ0) is 14.0. The number of rotatable bonds is 2. The minimum Gasteiger partial charge on any atom is -0.399 e. The first kappa shape index (κ1) is 14.1. The number of hydrogen-bond acceptors (Lipinski definition) is 3. The summed E-state index contributed by atoms with van der Waals surface area (Å²) in [4.78, 5) is 16.2. The second-order valence-electron chi connectivity index (χ2n) is 3.65. The number of amides is 1. The Labute approximate surface area is 128 Å². The van der Waals surface area contributed by atoms with Gasteiger partial charge in [-0.15, -0.1) is 0 Å². The normalized spacial score (nSPS) is 10.3. The van der Waals surface area contributed by atoms with Crippen LogP contribution in [-0.4, -0.2) is 10.9 Å². The third-order valence-electron chi connectivity index (χ3n) is 2.29. The van der Waals surface area contributed by atoms with Crippen LogP contribution in [0.1, 0.15) is 10.4 Å². The molecule has 0 bridgehead atoms. The summed E-state index contributed by atoms with van der Waals surface area (Å²) in [5, 5.41) is 3.01. The predicted molar refractivity (Wildman–Crippen MR) is 80.8 cm³/mol. The Bertz CT molecular complexity index is 649. The molecule has 19 heavy (non-hydrogen) atoms. The van der Waals surface area contributed by atoms with E-state index in [9.17, 15) is 4.79 Å². The van der Waals surface area contributed by atoms with E-state index in [0.717, 1.165) is 0 Å². The molecule has 98 valence electrons. The zero-order valence-corrected chi connectivity index (χ0v) is 12.6. The molecule has 1 aromatic heterocycles. The summed E-state index contributed by atoms with van der Waals surface area (Å²) in [7, 11) is 0. The van der Waals surface area contributed by atoms with Gasteiger partial charge < -0.3 is 11.1 Å². The molecule has 0 unspecified atom stereocenters. The Morgan fingerprint density at radius 1 is 1.37 bits per heavy atom. The molecular weight excluding hydrogens is 353 g/mol.